The smallest absolute Gasteiger partial charge is 0.407 e. The van der Waals surface area contributed by atoms with Crippen LogP contribution in [-0.2, 0) is 45.0 Å². The molecule has 0 aliphatic heterocycles. The number of carbonyl (C=O) groups is 5. The quantitative estimate of drug-likeness (QED) is 0.112. The fourth-order valence-electron chi connectivity index (χ4n) is 3.36. The molecule has 0 radical (unpaired) electrons. The molecule has 15 heteroatoms. The first-order valence-electron chi connectivity index (χ1n) is 13.4. The normalized spacial score (nSPS) is 12.8. The summed E-state index contributed by atoms with van der Waals surface area (Å²) in [6, 6.07) is 6.76. The van der Waals surface area contributed by atoms with Gasteiger partial charge < -0.3 is 35.9 Å². The minimum Gasteiger partial charge on any atom is -0.458 e. The van der Waals surface area contributed by atoms with E-state index in [9.17, 15) is 32.4 Å². The summed E-state index contributed by atoms with van der Waals surface area (Å²) < 4.78 is 37.9. The van der Waals surface area contributed by atoms with Gasteiger partial charge in [-0.15, -0.1) is 0 Å². The molecular formula is C27H42N4O10S. The molecule has 1 aromatic carbocycles. The molecule has 0 spiro atoms. The Bertz CT molecular complexity index is 1150. The molecule has 0 heterocycles. The van der Waals surface area contributed by atoms with Gasteiger partial charge in [-0.1, -0.05) is 30.3 Å². The zero-order chi connectivity index (χ0) is 31.8. The minimum atomic E-state index is -3.39. The van der Waals surface area contributed by atoms with Gasteiger partial charge in [-0.05, 0) is 52.0 Å². The van der Waals surface area contributed by atoms with Gasteiger partial charge in [-0.3, -0.25) is 9.59 Å². The fourth-order valence-corrected chi connectivity index (χ4v) is 3.74. The maximum Gasteiger partial charge on any atom is 0.407 e. The van der Waals surface area contributed by atoms with Crippen LogP contribution in [0, 0.1) is 0 Å². The molecule has 14 nitrogen and oxygen atoms in total. The number of sulfone groups is 1. The lowest BCUT2D eigenvalue weighted by atomic mass is 10.1. The van der Waals surface area contributed by atoms with Crippen LogP contribution >= 0.6 is 0 Å². The Morgan fingerprint density at radius 2 is 1.57 bits per heavy atom. The second-order valence-corrected chi connectivity index (χ2v) is 12.8. The second-order valence-electron chi connectivity index (χ2n) is 10.5. The first kappa shape index (κ1) is 36.1. The molecule has 236 valence electrons. The van der Waals surface area contributed by atoms with Crippen molar-refractivity contribution in [1.29, 1.82) is 0 Å². The molecule has 0 saturated heterocycles. The van der Waals surface area contributed by atoms with Crippen LogP contribution in [0.5, 0.6) is 0 Å². The number of alkyl carbamates (subject to hydrolysis) is 2. The number of rotatable bonds is 17. The highest BCUT2D eigenvalue weighted by molar-refractivity contribution is 7.90. The molecule has 0 aliphatic rings. The number of hydrogen-bond acceptors (Lipinski definition) is 10. The standard InChI is InChI=1S/C27H42N4O10S/c1-27(2,3)41-24(34)21(12-8-9-15-29-25(35)40-18-19-10-6-5-7-11-19)30-23(33)20(13-14-22(28)32)31-26(36)39-16-17-42(4,37)38/h5-7,10-11,20-21H,8-9,12-18H2,1-4H3,(H2,28,32)(H,29,35)(H,30,33)(H,31,36)/t20-,21+/m1/s1. The summed E-state index contributed by atoms with van der Waals surface area (Å²) in [6.07, 6.45) is -0.166. The molecule has 4 amide bonds. The molecule has 0 bridgehead atoms. The number of nitrogens with one attached hydrogen (secondary N) is 3. The molecule has 0 saturated carbocycles. The predicted octanol–water partition coefficient (Wildman–Crippen LogP) is 1.31. The zero-order valence-electron chi connectivity index (χ0n) is 24.5. The average Bonchev–Trinajstić information content (AvgIpc) is 2.87. The summed E-state index contributed by atoms with van der Waals surface area (Å²) in [7, 11) is -3.39. The SMILES string of the molecule is CC(C)(C)OC(=O)[C@H](CCCCNC(=O)OCc1ccccc1)NC(=O)[C@@H](CCC(N)=O)NC(=O)OCCS(C)(=O)=O. The van der Waals surface area contributed by atoms with Crippen molar-refractivity contribution in [1.82, 2.24) is 16.0 Å². The number of benzene rings is 1. The van der Waals surface area contributed by atoms with Crippen molar-refractivity contribution < 1.29 is 46.6 Å². The van der Waals surface area contributed by atoms with Gasteiger partial charge in [0.2, 0.25) is 11.8 Å². The van der Waals surface area contributed by atoms with Crippen molar-refractivity contribution in [2.75, 3.05) is 25.2 Å². The molecule has 42 heavy (non-hydrogen) atoms. The topological polar surface area (TPSA) is 209 Å². The van der Waals surface area contributed by atoms with Crippen LogP contribution in [0.15, 0.2) is 30.3 Å². The molecule has 0 fully saturated rings. The Hall–Kier alpha value is -3.88. The molecule has 0 aliphatic carbocycles. The van der Waals surface area contributed by atoms with Gasteiger partial charge in [0.15, 0.2) is 9.84 Å². The van der Waals surface area contributed by atoms with Crippen LogP contribution < -0.4 is 21.7 Å². The maximum atomic E-state index is 13.1. The van der Waals surface area contributed by atoms with Gasteiger partial charge >= 0.3 is 18.2 Å². The third-order valence-corrected chi connectivity index (χ3v) is 6.29. The van der Waals surface area contributed by atoms with Crippen molar-refractivity contribution in [2.45, 2.75) is 77.2 Å². The number of nitrogens with two attached hydrogens (primary N) is 1. The molecule has 5 N–H and O–H groups in total. The minimum absolute atomic E-state index is 0.121. The Kier molecular flexibility index (Phi) is 15.3. The van der Waals surface area contributed by atoms with Crippen LogP contribution in [0.25, 0.3) is 0 Å². The molecule has 1 aromatic rings. The summed E-state index contributed by atoms with van der Waals surface area (Å²) in [4.78, 5) is 61.3. The zero-order valence-corrected chi connectivity index (χ0v) is 25.3. The number of hydrogen-bond donors (Lipinski definition) is 4. The molecular weight excluding hydrogens is 572 g/mol. The largest absolute Gasteiger partial charge is 0.458 e. The van der Waals surface area contributed by atoms with E-state index in [1.807, 2.05) is 30.3 Å². The molecule has 0 aromatic heterocycles. The van der Waals surface area contributed by atoms with E-state index in [4.69, 9.17) is 19.9 Å². The highest BCUT2D eigenvalue weighted by Crippen LogP contribution is 2.12. The number of unbranched alkanes of at least 4 members (excludes halogenated alkanes) is 1. The van der Waals surface area contributed by atoms with Gasteiger partial charge in [0.05, 0.1) is 5.75 Å². The lowest BCUT2D eigenvalue weighted by Gasteiger charge is -2.26. The second kappa shape index (κ2) is 17.8. The fraction of sp³-hybridized carbons (Fsp3) is 0.593. The lowest BCUT2D eigenvalue weighted by Crippen LogP contribution is -2.53. The van der Waals surface area contributed by atoms with E-state index in [0.29, 0.717) is 12.8 Å². The number of esters is 1. The van der Waals surface area contributed by atoms with E-state index in [1.54, 1.807) is 20.8 Å². The van der Waals surface area contributed by atoms with Crippen LogP contribution in [0.2, 0.25) is 0 Å². The molecule has 2 atom stereocenters. The Labute approximate surface area is 246 Å². The number of amides is 4. The number of primary amides is 1. The van der Waals surface area contributed by atoms with Crippen molar-refractivity contribution in [3.63, 3.8) is 0 Å². The van der Waals surface area contributed by atoms with E-state index in [-0.39, 0.29) is 32.4 Å². The van der Waals surface area contributed by atoms with Gasteiger partial charge in [0.25, 0.3) is 0 Å². The van der Waals surface area contributed by atoms with E-state index >= 15 is 0 Å². The number of ether oxygens (including phenoxy) is 3. The Morgan fingerprint density at radius 3 is 2.17 bits per heavy atom. The van der Waals surface area contributed by atoms with E-state index < -0.39 is 69.9 Å². The molecule has 0 unspecified atom stereocenters. The van der Waals surface area contributed by atoms with Crippen LogP contribution in [-0.4, -0.2) is 81.2 Å². The van der Waals surface area contributed by atoms with Crippen LogP contribution in [0.1, 0.15) is 58.4 Å². The number of carbonyl (C=O) groups excluding carboxylic acids is 5. The van der Waals surface area contributed by atoms with E-state index in [1.165, 1.54) is 0 Å². The van der Waals surface area contributed by atoms with Crippen LogP contribution in [0.4, 0.5) is 9.59 Å². The highest BCUT2D eigenvalue weighted by Gasteiger charge is 2.30. The summed E-state index contributed by atoms with van der Waals surface area (Å²) >= 11 is 0. The maximum absolute atomic E-state index is 13.1. The van der Waals surface area contributed by atoms with Crippen molar-refractivity contribution in [3.8, 4) is 0 Å². The summed E-state index contributed by atoms with van der Waals surface area (Å²) in [5.41, 5.74) is 5.18. The van der Waals surface area contributed by atoms with E-state index in [0.717, 1.165) is 11.8 Å². The lowest BCUT2D eigenvalue weighted by molar-refractivity contribution is -0.159. The molecule has 1 rings (SSSR count). The summed E-state index contributed by atoms with van der Waals surface area (Å²) in [6.45, 7) is 4.93. The van der Waals surface area contributed by atoms with Gasteiger partial charge in [0.1, 0.15) is 30.9 Å². The monoisotopic (exact) mass is 614 g/mol. The third kappa shape index (κ3) is 17.7. The van der Waals surface area contributed by atoms with Crippen molar-refractivity contribution in [3.05, 3.63) is 35.9 Å². The summed E-state index contributed by atoms with van der Waals surface area (Å²) in [5, 5.41) is 7.44. The van der Waals surface area contributed by atoms with Crippen LogP contribution in [0.3, 0.4) is 0 Å². The van der Waals surface area contributed by atoms with Gasteiger partial charge in [0, 0.05) is 19.2 Å². The van der Waals surface area contributed by atoms with E-state index in [2.05, 4.69) is 16.0 Å². The first-order valence-corrected chi connectivity index (χ1v) is 15.5. The average molecular weight is 615 g/mol. The van der Waals surface area contributed by atoms with Gasteiger partial charge in [-0.25, -0.2) is 22.8 Å². The van der Waals surface area contributed by atoms with Crippen molar-refractivity contribution >= 4 is 39.8 Å². The Morgan fingerprint density at radius 1 is 0.905 bits per heavy atom. The van der Waals surface area contributed by atoms with Crippen molar-refractivity contribution in [2.24, 2.45) is 5.73 Å². The first-order chi connectivity index (χ1) is 19.6. The summed E-state index contributed by atoms with van der Waals surface area (Å²) in [5.74, 6) is -2.65. The third-order valence-electron chi connectivity index (χ3n) is 5.38. The highest BCUT2D eigenvalue weighted by atomic mass is 32.2. The van der Waals surface area contributed by atoms with Gasteiger partial charge in [-0.2, -0.15) is 0 Å². The predicted molar refractivity (Wildman–Crippen MR) is 153 cm³/mol. The Balaban J connectivity index is 2.73.